The van der Waals surface area contributed by atoms with Gasteiger partial charge >= 0.3 is 5.97 Å². The number of fused-ring (bicyclic) bond motifs is 1. The molecule has 0 aliphatic heterocycles. The lowest BCUT2D eigenvalue weighted by Crippen LogP contribution is -2.16. The van der Waals surface area contributed by atoms with E-state index in [-0.39, 0.29) is 40.8 Å². The quantitative estimate of drug-likeness (QED) is 0.527. The van der Waals surface area contributed by atoms with Gasteiger partial charge in [-0.05, 0) is 24.3 Å². The SMILES string of the molecule is Nc1nc(N)c2nc(CC(=O)Nc3ccc(C(=O)O)cc3)cnc2n1. The molecule has 2 aromatic heterocycles. The Morgan fingerprint density at radius 3 is 2.48 bits per heavy atom. The van der Waals surface area contributed by atoms with Crippen LogP contribution in [0.2, 0.25) is 0 Å². The van der Waals surface area contributed by atoms with Gasteiger partial charge in [-0.3, -0.25) is 4.79 Å². The summed E-state index contributed by atoms with van der Waals surface area (Å²) in [6, 6.07) is 5.80. The van der Waals surface area contributed by atoms with E-state index >= 15 is 0 Å². The van der Waals surface area contributed by atoms with Crippen LogP contribution in [0.3, 0.4) is 0 Å². The molecule has 1 aromatic carbocycles. The predicted molar refractivity (Wildman–Crippen MR) is 89.7 cm³/mol. The number of carboxylic acids is 1. The van der Waals surface area contributed by atoms with Crippen molar-refractivity contribution >= 4 is 40.5 Å². The van der Waals surface area contributed by atoms with E-state index in [4.69, 9.17) is 16.6 Å². The van der Waals surface area contributed by atoms with Gasteiger partial charge in [-0.2, -0.15) is 9.97 Å². The minimum atomic E-state index is -1.04. The number of benzene rings is 1. The molecule has 0 unspecified atom stereocenters. The number of carboxylic acid groups (broad SMARTS) is 1. The third kappa shape index (κ3) is 3.58. The zero-order valence-corrected chi connectivity index (χ0v) is 12.8. The van der Waals surface area contributed by atoms with E-state index in [1.54, 1.807) is 0 Å². The van der Waals surface area contributed by atoms with Crippen molar-refractivity contribution in [1.29, 1.82) is 0 Å². The molecule has 2 heterocycles. The predicted octanol–water partition coefficient (Wildman–Crippen LogP) is 0.464. The van der Waals surface area contributed by atoms with Gasteiger partial charge in [0, 0.05) is 5.69 Å². The molecule has 0 spiro atoms. The van der Waals surface area contributed by atoms with Gasteiger partial charge < -0.3 is 21.9 Å². The summed E-state index contributed by atoms with van der Waals surface area (Å²) < 4.78 is 0. The summed E-state index contributed by atoms with van der Waals surface area (Å²) in [6.07, 6.45) is 1.36. The van der Waals surface area contributed by atoms with Crippen LogP contribution in [0.5, 0.6) is 0 Å². The van der Waals surface area contributed by atoms with Crippen molar-refractivity contribution in [3.8, 4) is 0 Å². The summed E-state index contributed by atoms with van der Waals surface area (Å²) >= 11 is 0. The second-order valence-electron chi connectivity index (χ2n) is 5.11. The molecule has 3 aromatic rings. The number of hydrogen-bond acceptors (Lipinski definition) is 8. The maximum Gasteiger partial charge on any atom is 0.335 e. The first kappa shape index (κ1) is 16.1. The lowest BCUT2D eigenvalue weighted by molar-refractivity contribution is -0.115. The molecular formula is C15H13N7O3. The van der Waals surface area contributed by atoms with E-state index in [9.17, 15) is 9.59 Å². The Kier molecular flexibility index (Phi) is 4.08. The molecule has 0 aliphatic rings. The van der Waals surface area contributed by atoms with Gasteiger partial charge in [0.15, 0.2) is 17.0 Å². The Morgan fingerprint density at radius 2 is 1.80 bits per heavy atom. The molecular weight excluding hydrogens is 326 g/mol. The molecule has 0 saturated heterocycles. The lowest BCUT2D eigenvalue weighted by atomic mass is 10.2. The number of nitrogens with zero attached hydrogens (tertiary/aromatic N) is 4. The maximum absolute atomic E-state index is 12.1. The van der Waals surface area contributed by atoms with Crippen LogP contribution in [0, 0.1) is 0 Å². The third-order valence-electron chi connectivity index (χ3n) is 3.26. The summed E-state index contributed by atoms with van der Waals surface area (Å²) in [4.78, 5) is 38.9. The number of hydrogen-bond donors (Lipinski definition) is 4. The lowest BCUT2D eigenvalue weighted by Gasteiger charge is -2.06. The Hall–Kier alpha value is -3.82. The normalized spacial score (nSPS) is 10.6. The fourth-order valence-corrected chi connectivity index (χ4v) is 2.13. The molecule has 25 heavy (non-hydrogen) atoms. The first-order valence-electron chi connectivity index (χ1n) is 7.10. The van der Waals surface area contributed by atoms with Crippen LogP contribution in [0.1, 0.15) is 16.1 Å². The Balaban J connectivity index is 1.74. The van der Waals surface area contributed by atoms with Crippen LogP contribution < -0.4 is 16.8 Å². The first-order chi connectivity index (χ1) is 11.9. The van der Waals surface area contributed by atoms with Crippen LogP contribution in [-0.4, -0.2) is 36.9 Å². The highest BCUT2D eigenvalue weighted by Crippen LogP contribution is 2.15. The van der Waals surface area contributed by atoms with Crippen LogP contribution in [0.25, 0.3) is 11.2 Å². The zero-order chi connectivity index (χ0) is 18.0. The van der Waals surface area contributed by atoms with Gasteiger partial charge in [0.1, 0.15) is 0 Å². The van der Waals surface area contributed by atoms with Crippen molar-refractivity contribution in [3.05, 3.63) is 41.7 Å². The number of nitrogens with one attached hydrogen (secondary N) is 1. The molecule has 0 atom stereocenters. The van der Waals surface area contributed by atoms with Crippen molar-refractivity contribution < 1.29 is 14.7 Å². The molecule has 10 heteroatoms. The van der Waals surface area contributed by atoms with Crippen molar-refractivity contribution in [2.24, 2.45) is 0 Å². The largest absolute Gasteiger partial charge is 0.478 e. The molecule has 6 N–H and O–H groups in total. The highest BCUT2D eigenvalue weighted by atomic mass is 16.4. The van der Waals surface area contributed by atoms with Gasteiger partial charge in [-0.1, -0.05) is 0 Å². The Morgan fingerprint density at radius 1 is 1.08 bits per heavy atom. The second kappa shape index (κ2) is 6.35. The molecule has 1 amide bonds. The second-order valence-corrected chi connectivity index (χ2v) is 5.11. The zero-order valence-electron chi connectivity index (χ0n) is 12.8. The van der Waals surface area contributed by atoms with Gasteiger partial charge in [-0.15, -0.1) is 0 Å². The van der Waals surface area contributed by atoms with Gasteiger partial charge in [0.2, 0.25) is 11.9 Å². The average molecular weight is 339 g/mol. The fourth-order valence-electron chi connectivity index (χ4n) is 2.13. The van der Waals surface area contributed by atoms with E-state index in [0.717, 1.165) is 0 Å². The molecule has 0 bridgehead atoms. The number of anilines is 3. The summed E-state index contributed by atoms with van der Waals surface area (Å²) in [5.41, 5.74) is 12.7. The van der Waals surface area contributed by atoms with Gasteiger partial charge in [0.25, 0.3) is 0 Å². The number of aromatic nitrogens is 4. The van der Waals surface area contributed by atoms with E-state index in [1.165, 1.54) is 30.5 Å². The van der Waals surface area contributed by atoms with Gasteiger partial charge in [-0.25, -0.2) is 14.8 Å². The smallest absolute Gasteiger partial charge is 0.335 e. The van der Waals surface area contributed by atoms with Crippen LogP contribution in [0.15, 0.2) is 30.5 Å². The number of carbonyl (C=O) groups excluding carboxylic acids is 1. The van der Waals surface area contributed by atoms with Crippen molar-refractivity contribution in [1.82, 2.24) is 19.9 Å². The Labute approximate surface area is 140 Å². The van der Waals surface area contributed by atoms with E-state index in [2.05, 4.69) is 25.3 Å². The number of rotatable bonds is 4. The highest BCUT2D eigenvalue weighted by Gasteiger charge is 2.11. The van der Waals surface area contributed by atoms with E-state index < -0.39 is 5.97 Å². The topological polar surface area (TPSA) is 170 Å². The molecule has 10 nitrogen and oxygen atoms in total. The maximum atomic E-state index is 12.1. The van der Waals surface area contributed by atoms with Crippen molar-refractivity contribution in [3.63, 3.8) is 0 Å². The summed E-state index contributed by atoms with van der Waals surface area (Å²) in [5.74, 6) is -1.30. The van der Waals surface area contributed by atoms with E-state index in [1.807, 2.05) is 0 Å². The minimum absolute atomic E-state index is 0.00500. The molecule has 126 valence electrons. The number of amides is 1. The van der Waals surface area contributed by atoms with E-state index in [0.29, 0.717) is 11.4 Å². The first-order valence-corrected chi connectivity index (χ1v) is 7.10. The summed E-state index contributed by atoms with van der Waals surface area (Å²) in [5, 5.41) is 11.5. The number of nitrogen functional groups attached to an aromatic ring is 2. The van der Waals surface area contributed by atoms with Crippen molar-refractivity contribution in [2.45, 2.75) is 6.42 Å². The molecule has 0 aliphatic carbocycles. The molecule has 3 rings (SSSR count). The minimum Gasteiger partial charge on any atom is -0.478 e. The van der Waals surface area contributed by atoms with Crippen molar-refractivity contribution in [2.75, 3.05) is 16.8 Å². The summed E-state index contributed by atoms with van der Waals surface area (Å²) in [7, 11) is 0. The molecule has 0 fully saturated rings. The number of nitrogens with two attached hydrogens (primary N) is 2. The third-order valence-corrected chi connectivity index (χ3v) is 3.26. The van der Waals surface area contributed by atoms with Crippen LogP contribution in [0.4, 0.5) is 17.5 Å². The standard InChI is InChI=1S/C15H13N7O3/c16-12-11-13(22-15(17)21-12)18-6-9(20-11)5-10(23)19-8-3-1-7(2-4-8)14(24)25/h1-4,6H,5H2,(H,19,23)(H,24,25)(H4,16,17,18,21,22). The average Bonchev–Trinajstić information content (AvgIpc) is 2.55. The molecule has 0 saturated carbocycles. The molecule has 0 radical (unpaired) electrons. The Bertz CT molecular complexity index is 973. The summed E-state index contributed by atoms with van der Waals surface area (Å²) in [6.45, 7) is 0. The van der Waals surface area contributed by atoms with Crippen LogP contribution >= 0.6 is 0 Å². The number of aromatic carboxylic acids is 1. The van der Waals surface area contributed by atoms with Crippen LogP contribution in [-0.2, 0) is 11.2 Å². The number of carbonyl (C=O) groups is 2. The monoisotopic (exact) mass is 339 g/mol. The van der Waals surface area contributed by atoms with Gasteiger partial charge in [0.05, 0.1) is 23.9 Å². The fraction of sp³-hybridized carbons (Fsp3) is 0.0667. The highest BCUT2D eigenvalue weighted by molar-refractivity contribution is 5.93.